The Kier molecular flexibility index (Phi) is 2.47. The number of pyridine rings is 1. The Morgan fingerprint density at radius 2 is 2.00 bits per heavy atom. The molecule has 1 aromatic carbocycles. The van der Waals surface area contributed by atoms with Crippen LogP contribution in [-0.4, -0.2) is 4.98 Å². The molecule has 0 unspecified atom stereocenters. The second kappa shape index (κ2) is 4.32. The Morgan fingerprint density at radius 3 is 2.85 bits per heavy atom. The number of nitrogens with zero attached hydrogens (tertiary/aromatic N) is 1. The predicted octanol–water partition coefficient (Wildman–Crippen LogP) is 4.87. The number of nitrogens with one attached hydrogen (secondary N) is 1. The summed E-state index contributed by atoms with van der Waals surface area (Å²) < 4.78 is 0. The van der Waals surface area contributed by atoms with E-state index in [1.807, 2.05) is 12.3 Å². The zero-order chi connectivity index (χ0) is 13.5. The summed E-state index contributed by atoms with van der Waals surface area (Å²) in [6.45, 7) is 4.12. The van der Waals surface area contributed by atoms with Crippen LogP contribution in [-0.2, 0) is 0 Å². The minimum absolute atomic E-state index is 0.978. The minimum Gasteiger partial charge on any atom is -0.354 e. The van der Waals surface area contributed by atoms with Gasteiger partial charge in [-0.25, -0.2) is 0 Å². The van der Waals surface area contributed by atoms with Crippen LogP contribution in [0.25, 0.3) is 28.0 Å². The van der Waals surface area contributed by atoms with Crippen molar-refractivity contribution < 1.29 is 0 Å². The quantitative estimate of drug-likeness (QED) is 0.685. The van der Waals surface area contributed by atoms with Gasteiger partial charge in [-0.1, -0.05) is 24.8 Å². The van der Waals surface area contributed by atoms with E-state index in [0.717, 1.165) is 16.9 Å². The first-order valence-corrected chi connectivity index (χ1v) is 7.30. The van der Waals surface area contributed by atoms with Gasteiger partial charge in [-0.3, -0.25) is 4.98 Å². The maximum atomic E-state index is 4.23. The molecule has 2 nitrogen and oxygen atoms in total. The van der Waals surface area contributed by atoms with Gasteiger partial charge in [0.25, 0.3) is 0 Å². The molecular formula is C17H12N2S. The lowest BCUT2D eigenvalue weighted by molar-refractivity contribution is 1.33. The summed E-state index contributed by atoms with van der Waals surface area (Å²) >= 11 is 1.72. The Hall–Kier alpha value is -2.39. The SMILES string of the molecule is C=C1Nc2cccc(-c3cccnc3)c2-c2ccsc21. The molecule has 0 radical (unpaired) electrons. The lowest BCUT2D eigenvalue weighted by atomic mass is 9.91. The van der Waals surface area contributed by atoms with Crippen LogP contribution >= 0.6 is 11.3 Å². The molecule has 1 N–H and O–H groups in total. The number of thiophene rings is 1. The van der Waals surface area contributed by atoms with Crippen molar-refractivity contribution in [3.05, 3.63) is 65.6 Å². The van der Waals surface area contributed by atoms with Gasteiger partial charge in [-0.15, -0.1) is 11.3 Å². The Balaban J connectivity index is 2.03. The molecule has 0 atom stereocenters. The second-order valence-electron chi connectivity index (χ2n) is 4.74. The molecule has 0 amide bonds. The molecule has 20 heavy (non-hydrogen) atoms. The van der Waals surface area contributed by atoms with Gasteiger partial charge in [0.05, 0.1) is 4.88 Å². The van der Waals surface area contributed by atoms with Gasteiger partial charge in [0.15, 0.2) is 0 Å². The zero-order valence-corrected chi connectivity index (χ0v) is 11.6. The fourth-order valence-corrected chi connectivity index (χ4v) is 3.50. The number of aromatic nitrogens is 1. The van der Waals surface area contributed by atoms with Gasteiger partial charge in [0, 0.05) is 40.5 Å². The van der Waals surface area contributed by atoms with E-state index in [1.54, 1.807) is 17.5 Å². The van der Waals surface area contributed by atoms with E-state index >= 15 is 0 Å². The zero-order valence-electron chi connectivity index (χ0n) is 10.8. The van der Waals surface area contributed by atoms with Crippen molar-refractivity contribution in [2.75, 3.05) is 5.32 Å². The molecule has 4 rings (SSSR count). The first-order chi connectivity index (χ1) is 9.84. The molecule has 0 aliphatic carbocycles. The number of benzene rings is 1. The largest absolute Gasteiger partial charge is 0.354 e. The van der Waals surface area contributed by atoms with Gasteiger partial charge in [0.1, 0.15) is 0 Å². The Labute approximate surface area is 121 Å². The van der Waals surface area contributed by atoms with Gasteiger partial charge in [-0.05, 0) is 29.1 Å². The fraction of sp³-hybridized carbons (Fsp3) is 0. The van der Waals surface area contributed by atoms with Crippen LogP contribution < -0.4 is 5.32 Å². The monoisotopic (exact) mass is 276 g/mol. The van der Waals surface area contributed by atoms with Crippen LogP contribution in [0.3, 0.4) is 0 Å². The van der Waals surface area contributed by atoms with Crippen molar-refractivity contribution in [3.63, 3.8) is 0 Å². The van der Waals surface area contributed by atoms with E-state index < -0.39 is 0 Å². The molecule has 0 fully saturated rings. The number of anilines is 1. The highest BCUT2D eigenvalue weighted by atomic mass is 32.1. The number of fused-ring (bicyclic) bond motifs is 3. The third-order valence-corrected chi connectivity index (χ3v) is 4.51. The van der Waals surface area contributed by atoms with Gasteiger partial charge in [0.2, 0.25) is 0 Å². The number of hydrogen-bond donors (Lipinski definition) is 1. The van der Waals surface area contributed by atoms with Crippen LogP contribution in [0.1, 0.15) is 4.88 Å². The second-order valence-corrected chi connectivity index (χ2v) is 5.65. The van der Waals surface area contributed by atoms with E-state index in [0.29, 0.717) is 0 Å². The average molecular weight is 276 g/mol. The van der Waals surface area contributed by atoms with Crippen LogP contribution in [0.5, 0.6) is 0 Å². The van der Waals surface area contributed by atoms with Crippen molar-refractivity contribution in [1.29, 1.82) is 0 Å². The average Bonchev–Trinajstić information content (AvgIpc) is 2.98. The molecule has 0 bridgehead atoms. The number of rotatable bonds is 1. The summed E-state index contributed by atoms with van der Waals surface area (Å²) in [6, 6.07) is 12.5. The summed E-state index contributed by atoms with van der Waals surface area (Å²) in [5.41, 5.74) is 6.93. The molecular weight excluding hydrogens is 264 g/mol. The smallest absolute Gasteiger partial charge is 0.0578 e. The lowest BCUT2D eigenvalue weighted by Crippen LogP contribution is -2.05. The molecule has 3 heteroatoms. The van der Waals surface area contributed by atoms with Gasteiger partial charge < -0.3 is 5.32 Å². The molecule has 0 saturated carbocycles. The molecule has 1 aliphatic rings. The number of hydrogen-bond acceptors (Lipinski definition) is 3. The highest BCUT2D eigenvalue weighted by Crippen LogP contribution is 2.46. The van der Waals surface area contributed by atoms with Crippen molar-refractivity contribution in [1.82, 2.24) is 4.98 Å². The normalized spacial score (nSPS) is 12.5. The topological polar surface area (TPSA) is 24.9 Å². The Morgan fingerprint density at radius 1 is 1.05 bits per heavy atom. The van der Waals surface area contributed by atoms with Gasteiger partial charge >= 0.3 is 0 Å². The minimum atomic E-state index is 0.978. The molecule has 0 spiro atoms. The predicted molar refractivity (Wildman–Crippen MR) is 85.6 cm³/mol. The summed E-state index contributed by atoms with van der Waals surface area (Å²) in [5, 5.41) is 5.53. The molecule has 1 aliphatic heterocycles. The van der Waals surface area contributed by atoms with Crippen LogP contribution in [0.15, 0.2) is 60.8 Å². The van der Waals surface area contributed by atoms with E-state index in [4.69, 9.17) is 0 Å². The van der Waals surface area contributed by atoms with E-state index in [1.165, 1.54) is 21.6 Å². The maximum Gasteiger partial charge on any atom is 0.0578 e. The van der Waals surface area contributed by atoms with Crippen molar-refractivity contribution in [2.45, 2.75) is 0 Å². The van der Waals surface area contributed by atoms with E-state index in [2.05, 4.69) is 52.6 Å². The van der Waals surface area contributed by atoms with E-state index in [9.17, 15) is 0 Å². The van der Waals surface area contributed by atoms with Crippen molar-refractivity contribution in [3.8, 4) is 22.3 Å². The third-order valence-electron chi connectivity index (χ3n) is 3.53. The van der Waals surface area contributed by atoms with Crippen molar-refractivity contribution >= 4 is 22.7 Å². The summed E-state index contributed by atoms with van der Waals surface area (Å²) in [4.78, 5) is 5.45. The molecule has 0 saturated heterocycles. The summed E-state index contributed by atoms with van der Waals surface area (Å²) in [5.74, 6) is 0. The first kappa shape index (κ1) is 11.4. The summed E-state index contributed by atoms with van der Waals surface area (Å²) in [7, 11) is 0. The van der Waals surface area contributed by atoms with E-state index in [-0.39, 0.29) is 0 Å². The summed E-state index contributed by atoms with van der Waals surface area (Å²) in [6.07, 6.45) is 3.71. The van der Waals surface area contributed by atoms with Crippen molar-refractivity contribution in [2.24, 2.45) is 0 Å². The highest BCUT2D eigenvalue weighted by molar-refractivity contribution is 7.11. The third kappa shape index (κ3) is 1.60. The fourth-order valence-electron chi connectivity index (χ4n) is 2.67. The molecule has 2 aromatic heterocycles. The lowest BCUT2D eigenvalue weighted by Gasteiger charge is -2.23. The van der Waals surface area contributed by atoms with Crippen LogP contribution in [0, 0.1) is 0 Å². The van der Waals surface area contributed by atoms with Gasteiger partial charge in [-0.2, -0.15) is 0 Å². The van der Waals surface area contributed by atoms with Crippen LogP contribution in [0.4, 0.5) is 5.69 Å². The molecule has 96 valence electrons. The molecule has 3 heterocycles. The highest BCUT2D eigenvalue weighted by Gasteiger charge is 2.22. The first-order valence-electron chi connectivity index (χ1n) is 6.42. The standard InChI is InChI=1S/C17H12N2S/c1-11-17-14(7-9-20-17)16-13(5-2-6-15(16)19-11)12-4-3-8-18-10-12/h2-10,19H,1H2. The molecule has 3 aromatic rings. The van der Waals surface area contributed by atoms with Crippen LogP contribution in [0.2, 0.25) is 0 Å². The Bertz CT molecular complexity index is 803. The maximum absolute atomic E-state index is 4.23.